The largest absolute Gasteiger partial charge is 0.477 e. The number of hydrogen-bond acceptors (Lipinski definition) is 3. The van der Waals surface area contributed by atoms with E-state index in [9.17, 15) is 28.1 Å². The van der Waals surface area contributed by atoms with Gasteiger partial charge in [-0.05, 0) is 35.4 Å². The van der Waals surface area contributed by atoms with E-state index in [1.165, 1.54) is 18.2 Å². The minimum Gasteiger partial charge on any atom is -0.477 e. The molecule has 0 fully saturated rings. The van der Waals surface area contributed by atoms with Gasteiger partial charge in [-0.1, -0.05) is 12.1 Å². The third kappa shape index (κ3) is 3.05. The van der Waals surface area contributed by atoms with Crippen LogP contribution in [0.1, 0.15) is 15.9 Å². The summed E-state index contributed by atoms with van der Waals surface area (Å²) in [5.74, 6) is -1.49. The monoisotopic (exact) mass is 311 g/mol. The van der Waals surface area contributed by atoms with Gasteiger partial charge in [0.05, 0.1) is 10.5 Å². The summed E-state index contributed by atoms with van der Waals surface area (Å²) in [6, 6.07) is 7.42. The zero-order chi connectivity index (χ0) is 16.5. The van der Waals surface area contributed by atoms with E-state index < -0.39 is 33.9 Å². The molecule has 1 N–H and O–H groups in total. The Labute approximate surface area is 121 Å². The molecule has 8 heteroatoms. The molecule has 0 aliphatic rings. The second-order valence-corrected chi connectivity index (χ2v) is 4.37. The molecular weight excluding hydrogens is 303 g/mol. The molecule has 2 rings (SSSR count). The van der Waals surface area contributed by atoms with Crippen molar-refractivity contribution in [3.63, 3.8) is 0 Å². The number of rotatable bonds is 3. The van der Waals surface area contributed by atoms with Crippen molar-refractivity contribution in [3.05, 3.63) is 63.7 Å². The molecule has 0 heterocycles. The molecular formula is C14H8F3NO4. The van der Waals surface area contributed by atoms with Gasteiger partial charge < -0.3 is 5.11 Å². The number of halogens is 3. The molecule has 22 heavy (non-hydrogen) atoms. The van der Waals surface area contributed by atoms with Crippen LogP contribution in [0.25, 0.3) is 11.1 Å². The summed E-state index contributed by atoms with van der Waals surface area (Å²) in [6.45, 7) is 0. The Kier molecular flexibility index (Phi) is 3.85. The number of carbonyl (C=O) groups is 1. The molecule has 0 aliphatic carbocycles. The first-order chi connectivity index (χ1) is 10.2. The molecule has 0 amide bonds. The number of carboxylic acids is 1. The number of nitrogens with zero attached hydrogens (tertiary/aromatic N) is 1. The molecule has 0 unspecified atom stereocenters. The zero-order valence-electron chi connectivity index (χ0n) is 10.8. The lowest BCUT2D eigenvalue weighted by Crippen LogP contribution is -2.04. The van der Waals surface area contributed by atoms with E-state index in [4.69, 9.17) is 5.11 Å². The van der Waals surface area contributed by atoms with Gasteiger partial charge in [-0.3, -0.25) is 10.1 Å². The quantitative estimate of drug-likeness (QED) is 0.686. The lowest BCUT2D eigenvalue weighted by molar-refractivity contribution is -0.385. The molecule has 0 aromatic heterocycles. The van der Waals surface area contributed by atoms with Gasteiger partial charge in [-0.2, -0.15) is 13.2 Å². The van der Waals surface area contributed by atoms with Gasteiger partial charge in [0.15, 0.2) is 0 Å². The maximum Gasteiger partial charge on any atom is 0.416 e. The molecule has 0 saturated heterocycles. The molecule has 5 nitrogen and oxygen atoms in total. The lowest BCUT2D eigenvalue weighted by Gasteiger charge is -2.08. The Morgan fingerprint density at radius 2 is 1.59 bits per heavy atom. The fraction of sp³-hybridized carbons (Fsp3) is 0.0714. The van der Waals surface area contributed by atoms with Crippen LogP contribution in [0.4, 0.5) is 18.9 Å². The number of benzene rings is 2. The van der Waals surface area contributed by atoms with E-state index in [1.54, 1.807) is 0 Å². The first-order valence-electron chi connectivity index (χ1n) is 5.89. The summed E-state index contributed by atoms with van der Waals surface area (Å²) in [7, 11) is 0. The van der Waals surface area contributed by atoms with Gasteiger partial charge >= 0.3 is 12.1 Å². The van der Waals surface area contributed by atoms with Crippen LogP contribution >= 0.6 is 0 Å². The maximum absolute atomic E-state index is 12.5. The molecule has 2 aromatic rings. The Hall–Kier alpha value is -2.90. The number of carboxylic acid groups (broad SMARTS) is 1. The van der Waals surface area contributed by atoms with E-state index in [0.717, 1.165) is 24.3 Å². The molecule has 0 aliphatic heterocycles. The molecule has 0 saturated carbocycles. The summed E-state index contributed by atoms with van der Waals surface area (Å²) in [5.41, 5.74) is -1.34. The Morgan fingerprint density at radius 1 is 1.05 bits per heavy atom. The average molecular weight is 311 g/mol. The second-order valence-electron chi connectivity index (χ2n) is 4.37. The van der Waals surface area contributed by atoms with Crippen LogP contribution in [-0.4, -0.2) is 16.0 Å². The highest BCUT2D eigenvalue weighted by molar-refractivity contribution is 5.94. The number of alkyl halides is 3. The highest BCUT2D eigenvalue weighted by Crippen LogP contribution is 2.32. The van der Waals surface area contributed by atoms with Crippen molar-refractivity contribution in [2.24, 2.45) is 0 Å². The van der Waals surface area contributed by atoms with Crippen molar-refractivity contribution in [2.75, 3.05) is 0 Å². The van der Waals surface area contributed by atoms with Gasteiger partial charge in [0.25, 0.3) is 5.69 Å². The fourth-order valence-electron chi connectivity index (χ4n) is 1.90. The maximum atomic E-state index is 12.5. The molecule has 2 aromatic carbocycles. The normalized spacial score (nSPS) is 11.2. The summed E-state index contributed by atoms with van der Waals surface area (Å²) in [6.07, 6.45) is -4.47. The van der Waals surface area contributed by atoms with Crippen molar-refractivity contribution in [2.45, 2.75) is 6.18 Å². The number of nitro groups is 1. The number of aromatic carboxylic acids is 1. The van der Waals surface area contributed by atoms with Crippen molar-refractivity contribution >= 4 is 11.7 Å². The Bertz CT molecular complexity index is 739. The average Bonchev–Trinajstić information content (AvgIpc) is 2.45. The van der Waals surface area contributed by atoms with Crippen LogP contribution in [0, 0.1) is 10.1 Å². The first kappa shape index (κ1) is 15.5. The SMILES string of the molecule is O=C(O)c1cc(-c2ccc(C(F)(F)F)cc2)ccc1[N+](=O)[O-]. The summed E-state index contributed by atoms with van der Waals surface area (Å²) in [4.78, 5) is 21.0. The van der Waals surface area contributed by atoms with Crippen molar-refractivity contribution in [1.29, 1.82) is 0 Å². The van der Waals surface area contributed by atoms with Crippen LogP contribution in [-0.2, 0) is 6.18 Å². The number of hydrogen-bond donors (Lipinski definition) is 1. The topological polar surface area (TPSA) is 80.4 Å². The van der Waals surface area contributed by atoms with Crippen LogP contribution in [0.2, 0.25) is 0 Å². The predicted molar refractivity (Wildman–Crippen MR) is 70.5 cm³/mol. The highest BCUT2D eigenvalue weighted by atomic mass is 19.4. The lowest BCUT2D eigenvalue weighted by atomic mass is 10.0. The second kappa shape index (κ2) is 5.47. The molecule has 0 bridgehead atoms. The Morgan fingerprint density at radius 3 is 2.05 bits per heavy atom. The third-order valence-electron chi connectivity index (χ3n) is 2.97. The van der Waals surface area contributed by atoms with Crippen LogP contribution in [0.15, 0.2) is 42.5 Å². The number of nitro benzene ring substituents is 1. The van der Waals surface area contributed by atoms with E-state index in [1.807, 2.05) is 0 Å². The minimum atomic E-state index is -4.47. The van der Waals surface area contributed by atoms with Gasteiger partial charge in [0, 0.05) is 6.07 Å². The molecule has 0 atom stereocenters. The third-order valence-corrected chi connectivity index (χ3v) is 2.97. The van der Waals surface area contributed by atoms with E-state index in [0.29, 0.717) is 5.56 Å². The molecule has 0 spiro atoms. The minimum absolute atomic E-state index is 0.275. The van der Waals surface area contributed by atoms with Gasteiger partial charge in [-0.15, -0.1) is 0 Å². The van der Waals surface area contributed by atoms with Crippen molar-refractivity contribution in [1.82, 2.24) is 0 Å². The highest BCUT2D eigenvalue weighted by Gasteiger charge is 2.30. The van der Waals surface area contributed by atoms with Crippen LogP contribution in [0.3, 0.4) is 0 Å². The predicted octanol–water partition coefficient (Wildman–Crippen LogP) is 3.98. The van der Waals surface area contributed by atoms with Crippen LogP contribution < -0.4 is 0 Å². The summed E-state index contributed by atoms with van der Waals surface area (Å²) in [5, 5.41) is 19.7. The van der Waals surface area contributed by atoms with E-state index >= 15 is 0 Å². The first-order valence-corrected chi connectivity index (χ1v) is 5.89. The van der Waals surface area contributed by atoms with Gasteiger partial charge in [0.2, 0.25) is 0 Å². The van der Waals surface area contributed by atoms with Crippen molar-refractivity contribution in [3.8, 4) is 11.1 Å². The Balaban J connectivity index is 2.47. The smallest absolute Gasteiger partial charge is 0.416 e. The van der Waals surface area contributed by atoms with Gasteiger partial charge in [0.1, 0.15) is 5.56 Å². The van der Waals surface area contributed by atoms with E-state index in [-0.39, 0.29) is 5.56 Å². The molecule has 0 radical (unpaired) electrons. The standard InChI is InChI=1S/C14H8F3NO4/c15-14(16,17)10-4-1-8(2-5-10)9-3-6-12(18(21)22)11(7-9)13(19)20/h1-7H,(H,19,20). The zero-order valence-corrected chi connectivity index (χ0v) is 10.8. The summed E-state index contributed by atoms with van der Waals surface area (Å²) < 4.78 is 37.4. The fourth-order valence-corrected chi connectivity index (χ4v) is 1.90. The van der Waals surface area contributed by atoms with Gasteiger partial charge in [-0.25, -0.2) is 4.79 Å². The van der Waals surface area contributed by atoms with E-state index in [2.05, 4.69) is 0 Å². The van der Waals surface area contributed by atoms with Crippen molar-refractivity contribution < 1.29 is 28.0 Å². The van der Waals surface area contributed by atoms with Crippen LogP contribution in [0.5, 0.6) is 0 Å². The molecule has 114 valence electrons. The summed E-state index contributed by atoms with van der Waals surface area (Å²) >= 11 is 0.